The molecular formula is C13H25NS. The fraction of sp³-hybridized carbons (Fsp3) is 0.846. The molecule has 1 aliphatic rings. The van der Waals surface area contributed by atoms with Crippen molar-refractivity contribution in [2.45, 2.75) is 56.7 Å². The van der Waals surface area contributed by atoms with Gasteiger partial charge in [-0.2, -0.15) is 11.8 Å². The second-order valence-electron chi connectivity index (χ2n) is 4.74. The maximum Gasteiger partial charge on any atom is 0.0192 e. The number of rotatable bonds is 6. The van der Waals surface area contributed by atoms with Crippen molar-refractivity contribution >= 4 is 11.8 Å². The Hall–Kier alpha value is 0.0500. The van der Waals surface area contributed by atoms with Gasteiger partial charge in [0, 0.05) is 17.0 Å². The second kappa shape index (κ2) is 7.34. The molecule has 2 heteroatoms. The largest absolute Gasteiger partial charge is 0.316 e. The Morgan fingerprint density at radius 3 is 2.60 bits per heavy atom. The highest BCUT2D eigenvalue weighted by Crippen LogP contribution is 2.28. The Kier molecular flexibility index (Phi) is 6.42. The quantitative estimate of drug-likeness (QED) is 0.696. The third-order valence-electron chi connectivity index (χ3n) is 3.09. The summed E-state index contributed by atoms with van der Waals surface area (Å²) in [6.07, 6.45) is 8.35. The molecule has 0 aromatic carbocycles. The van der Waals surface area contributed by atoms with Gasteiger partial charge in [0.25, 0.3) is 0 Å². The van der Waals surface area contributed by atoms with Crippen molar-refractivity contribution in [3.63, 3.8) is 0 Å². The Balaban J connectivity index is 2.17. The van der Waals surface area contributed by atoms with Crippen molar-refractivity contribution in [2.75, 3.05) is 12.8 Å². The van der Waals surface area contributed by atoms with Crippen LogP contribution in [0.4, 0.5) is 0 Å². The molecule has 0 amide bonds. The van der Waals surface area contributed by atoms with Gasteiger partial charge in [-0.25, -0.2) is 0 Å². The van der Waals surface area contributed by atoms with Crippen molar-refractivity contribution in [3.05, 3.63) is 12.2 Å². The second-order valence-corrected chi connectivity index (χ2v) is 6.07. The molecule has 0 bridgehead atoms. The van der Waals surface area contributed by atoms with Crippen LogP contribution in [0.2, 0.25) is 0 Å². The summed E-state index contributed by atoms with van der Waals surface area (Å²) >= 11 is 2.17. The van der Waals surface area contributed by atoms with E-state index in [2.05, 4.69) is 37.6 Å². The highest BCUT2D eigenvalue weighted by Gasteiger charge is 2.15. The van der Waals surface area contributed by atoms with Crippen molar-refractivity contribution in [2.24, 2.45) is 0 Å². The van der Waals surface area contributed by atoms with Gasteiger partial charge in [0.05, 0.1) is 0 Å². The van der Waals surface area contributed by atoms with Gasteiger partial charge >= 0.3 is 0 Å². The molecule has 0 heterocycles. The zero-order chi connectivity index (χ0) is 11.1. The van der Waals surface area contributed by atoms with Crippen LogP contribution in [0.1, 0.15) is 45.4 Å². The maximum atomic E-state index is 3.99. The first kappa shape index (κ1) is 13.1. The highest BCUT2D eigenvalue weighted by atomic mass is 32.2. The summed E-state index contributed by atoms with van der Waals surface area (Å²) in [5.74, 6) is 1.24. The van der Waals surface area contributed by atoms with Gasteiger partial charge in [0.1, 0.15) is 0 Å². The van der Waals surface area contributed by atoms with Gasteiger partial charge in [-0.05, 0) is 33.2 Å². The summed E-state index contributed by atoms with van der Waals surface area (Å²) in [5.41, 5.74) is 1.29. The molecular weight excluding hydrogens is 202 g/mol. The van der Waals surface area contributed by atoms with Gasteiger partial charge < -0.3 is 5.32 Å². The predicted molar refractivity (Wildman–Crippen MR) is 71.6 cm³/mol. The van der Waals surface area contributed by atoms with E-state index in [1.165, 1.54) is 43.4 Å². The third kappa shape index (κ3) is 5.62. The Morgan fingerprint density at radius 2 is 2.07 bits per heavy atom. The molecule has 0 aromatic rings. The summed E-state index contributed by atoms with van der Waals surface area (Å²) in [7, 11) is 2.06. The molecule has 1 N–H and O–H groups in total. The van der Waals surface area contributed by atoms with Crippen LogP contribution in [0, 0.1) is 0 Å². The van der Waals surface area contributed by atoms with E-state index in [9.17, 15) is 0 Å². The minimum Gasteiger partial charge on any atom is -0.316 e. The fourth-order valence-electron chi connectivity index (χ4n) is 2.15. The van der Waals surface area contributed by atoms with Crippen LogP contribution in [0.5, 0.6) is 0 Å². The number of hydrogen-bond donors (Lipinski definition) is 1. The van der Waals surface area contributed by atoms with E-state index < -0.39 is 0 Å². The molecule has 1 rings (SSSR count). The SMILES string of the molecule is C=C(C)CC(CSC1CCCCC1)NC. The van der Waals surface area contributed by atoms with Gasteiger partial charge in [-0.15, -0.1) is 6.58 Å². The summed E-state index contributed by atoms with van der Waals surface area (Å²) in [5, 5.41) is 4.32. The van der Waals surface area contributed by atoms with Gasteiger partial charge in [0.15, 0.2) is 0 Å². The molecule has 88 valence electrons. The van der Waals surface area contributed by atoms with Gasteiger partial charge in [-0.1, -0.05) is 24.8 Å². The van der Waals surface area contributed by atoms with E-state index in [-0.39, 0.29) is 0 Å². The third-order valence-corrected chi connectivity index (χ3v) is 4.63. The molecule has 0 aromatic heterocycles. The molecule has 1 aliphatic carbocycles. The lowest BCUT2D eigenvalue weighted by Gasteiger charge is -2.24. The monoisotopic (exact) mass is 227 g/mol. The lowest BCUT2D eigenvalue weighted by molar-refractivity contribution is 0.514. The number of nitrogens with one attached hydrogen (secondary N) is 1. The standard InChI is InChI=1S/C13H25NS/c1-11(2)9-12(14-3)10-15-13-7-5-4-6-8-13/h12-14H,1,4-10H2,2-3H3. The molecule has 0 spiro atoms. The molecule has 1 unspecified atom stereocenters. The van der Waals surface area contributed by atoms with Crippen LogP contribution in [0.3, 0.4) is 0 Å². The van der Waals surface area contributed by atoms with Crippen LogP contribution in [-0.4, -0.2) is 24.1 Å². The Labute approximate surface area is 99.1 Å². The Bertz CT molecular complexity index is 185. The van der Waals surface area contributed by atoms with Crippen molar-refractivity contribution < 1.29 is 0 Å². The average molecular weight is 227 g/mol. The maximum absolute atomic E-state index is 3.99. The smallest absolute Gasteiger partial charge is 0.0192 e. The van der Waals surface area contributed by atoms with Gasteiger partial charge in [-0.3, -0.25) is 0 Å². The molecule has 1 atom stereocenters. The average Bonchev–Trinajstić information content (AvgIpc) is 2.25. The predicted octanol–water partition coefficient (Wildman–Crippen LogP) is 3.61. The van der Waals surface area contributed by atoms with Crippen LogP contribution in [-0.2, 0) is 0 Å². The summed E-state index contributed by atoms with van der Waals surface area (Å²) in [6.45, 7) is 6.11. The minimum atomic E-state index is 0.620. The highest BCUT2D eigenvalue weighted by molar-refractivity contribution is 7.99. The molecule has 0 aliphatic heterocycles. The van der Waals surface area contributed by atoms with E-state index in [4.69, 9.17) is 0 Å². The lowest BCUT2D eigenvalue weighted by Crippen LogP contribution is -2.29. The first-order valence-electron chi connectivity index (χ1n) is 6.15. The van der Waals surface area contributed by atoms with Crippen LogP contribution >= 0.6 is 11.8 Å². The van der Waals surface area contributed by atoms with Crippen LogP contribution < -0.4 is 5.32 Å². The van der Waals surface area contributed by atoms with Crippen LogP contribution in [0.15, 0.2) is 12.2 Å². The summed E-state index contributed by atoms with van der Waals surface area (Å²) < 4.78 is 0. The molecule has 0 radical (unpaired) electrons. The first-order valence-corrected chi connectivity index (χ1v) is 7.20. The molecule has 15 heavy (non-hydrogen) atoms. The molecule has 1 saturated carbocycles. The van der Waals surface area contributed by atoms with Crippen LogP contribution in [0.25, 0.3) is 0 Å². The number of hydrogen-bond acceptors (Lipinski definition) is 2. The normalized spacial score (nSPS) is 20.1. The number of thioether (sulfide) groups is 1. The summed E-state index contributed by atoms with van der Waals surface area (Å²) in [6, 6.07) is 0.620. The summed E-state index contributed by atoms with van der Waals surface area (Å²) in [4.78, 5) is 0. The van der Waals surface area contributed by atoms with E-state index in [1.54, 1.807) is 0 Å². The van der Waals surface area contributed by atoms with E-state index in [0.29, 0.717) is 6.04 Å². The molecule has 0 saturated heterocycles. The Morgan fingerprint density at radius 1 is 1.40 bits per heavy atom. The zero-order valence-electron chi connectivity index (χ0n) is 10.2. The van der Waals surface area contributed by atoms with Crippen molar-refractivity contribution in [1.29, 1.82) is 0 Å². The lowest BCUT2D eigenvalue weighted by atomic mass is 10.0. The van der Waals surface area contributed by atoms with E-state index >= 15 is 0 Å². The molecule has 1 fully saturated rings. The van der Waals surface area contributed by atoms with Crippen molar-refractivity contribution in [1.82, 2.24) is 5.32 Å². The zero-order valence-corrected chi connectivity index (χ0v) is 11.0. The topological polar surface area (TPSA) is 12.0 Å². The van der Waals surface area contributed by atoms with E-state index in [1.807, 2.05) is 0 Å². The van der Waals surface area contributed by atoms with Crippen molar-refractivity contribution in [3.8, 4) is 0 Å². The molecule has 1 nitrogen and oxygen atoms in total. The van der Waals surface area contributed by atoms with Gasteiger partial charge in [0.2, 0.25) is 0 Å². The first-order chi connectivity index (χ1) is 7.22. The van der Waals surface area contributed by atoms with E-state index in [0.717, 1.165) is 11.7 Å². The minimum absolute atomic E-state index is 0.620. The fourth-order valence-corrected chi connectivity index (χ4v) is 3.60.